The van der Waals surface area contributed by atoms with Gasteiger partial charge in [0.25, 0.3) is 0 Å². The van der Waals surface area contributed by atoms with Crippen LogP contribution in [0.25, 0.3) is 0 Å². The standard InChI is InChI=1S/C56H66N4O8/c1-3-29-59-49-17-11-19-51(47(49)21-23-53(59)61)65-39-45(37-57-31-25-43(26-32-57)35-41-13-7-5-8-14-41)67-55(63)56(64)68-46(38-58-33-27-44(28-34-58)36-42-15-9-6-10-16-42)40-66-52-20-12-18-50-48(52)22-24-54(62)60(50)30-4-2/h3-20,43-46H,1-2,21-40H2. The van der Waals surface area contributed by atoms with Crippen molar-refractivity contribution < 1.29 is 38.1 Å². The number of nitrogens with zero attached hydrogens (tertiary/aromatic N) is 4. The van der Waals surface area contributed by atoms with Crippen molar-refractivity contribution in [1.82, 2.24) is 9.80 Å². The lowest BCUT2D eigenvalue weighted by Crippen LogP contribution is -2.45. The maximum absolute atomic E-state index is 14.0. The summed E-state index contributed by atoms with van der Waals surface area (Å²) in [6.07, 6.45) is 9.59. The van der Waals surface area contributed by atoms with Gasteiger partial charge in [-0.05, 0) is 125 Å². The highest BCUT2D eigenvalue weighted by atomic mass is 16.6. The molecule has 0 saturated carbocycles. The number of hydrogen-bond donors (Lipinski definition) is 0. The van der Waals surface area contributed by atoms with Crippen LogP contribution in [0.5, 0.6) is 11.5 Å². The molecule has 4 aromatic carbocycles. The SMILES string of the molecule is C=CCN1C(=O)CCc2c(OCC(CN3CCC(Cc4ccccc4)CC3)OC(=O)C(=O)OC(COc3cccc4c3CCC(=O)N4CC=C)CN3CCC(Cc4ccccc4)CC3)cccc21. The topological polar surface area (TPSA) is 118 Å². The fourth-order valence-corrected chi connectivity index (χ4v) is 10.3. The van der Waals surface area contributed by atoms with Crippen LogP contribution < -0.4 is 19.3 Å². The van der Waals surface area contributed by atoms with Crippen LogP contribution in [0.1, 0.15) is 60.8 Å². The zero-order chi connectivity index (χ0) is 47.2. The molecule has 4 heterocycles. The molecule has 2 atom stereocenters. The molecule has 0 aromatic heterocycles. The molecule has 8 rings (SSSR count). The lowest BCUT2D eigenvalue weighted by molar-refractivity contribution is -0.177. The molecule has 2 fully saturated rings. The summed E-state index contributed by atoms with van der Waals surface area (Å²) in [7, 11) is 0. The minimum Gasteiger partial charge on any atom is -0.489 e. The predicted molar refractivity (Wildman–Crippen MR) is 264 cm³/mol. The number of ether oxygens (including phenoxy) is 4. The highest BCUT2D eigenvalue weighted by molar-refractivity contribution is 6.29. The summed E-state index contributed by atoms with van der Waals surface area (Å²) in [6, 6.07) is 32.4. The normalized spacial score (nSPS) is 17.9. The van der Waals surface area contributed by atoms with Gasteiger partial charge in [-0.1, -0.05) is 84.9 Å². The largest absolute Gasteiger partial charge is 0.489 e. The first-order chi connectivity index (χ1) is 33.2. The summed E-state index contributed by atoms with van der Waals surface area (Å²) >= 11 is 0. The van der Waals surface area contributed by atoms with E-state index in [0.29, 0.717) is 75.2 Å². The lowest BCUT2D eigenvalue weighted by Gasteiger charge is -2.35. The van der Waals surface area contributed by atoms with Crippen molar-refractivity contribution in [3.8, 4) is 11.5 Å². The van der Waals surface area contributed by atoms with E-state index in [1.165, 1.54) is 11.1 Å². The van der Waals surface area contributed by atoms with Gasteiger partial charge in [0.15, 0.2) is 0 Å². The summed E-state index contributed by atoms with van der Waals surface area (Å²) in [6.45, 7) is 12.5. The molecule has 4 aliphatic heterocycles. The van der Waals surface area contributed by atoms with Gasteiger partial charge >= 0.3 is 11.9 Å². The number of amides is 2. The molecule has 2 amide bonds. The third-order valence-corrected chi connectivity index (χ3v) is 13.8. The molecule has 0 spiro atoms. The van der Waals surface area contributed by atoms with Crippen molar-refractivity contribution in [2.45, 2.75) is 76.4 Å². The van der Waals surface area contributed by atoms with E-state index in [4.69, 9.17) is 18.9 Å². The van der Waals surface area contributed by atoms with Crippen LogP contribution in [0, 0.1) is 11.8 Å². The fourth-order valence-electron chi connectivity index (χ4n) is 10.3. The van der Waals surface area contributed by atoms with Crippen LogP contribution in [0.3, 0.4) is 0 Å². The molecule has 4 aliphatic rings. The Bertz CT molecular complexity index is 2190. The van der Waals surface area contributed by atoms with E-state index in [1.807, 2.05) is 48.5 Å². The molecule has 0 radical (unpaired) electrons. The van der Waals surface area contributed by atoms with Gasteiger partial charge in [-0.2, -0.15) is 0 Å². The molecule has 12 heteroatoms. The number of benzene rings is 4. The second kappa shape index (κ2) is 23.7. The van der Waals surface area contributed by atoms with E-state index >= 15 is 0 Å². The zero-order valence-electron chi connectivity index (χ0n) is 39.3. The van der Waals surface area contributed by atoms with Gasteiger partial charge in [0.2, 0.25) is 11.8 Å². The first-order valence-corrected chi connectivity index (χ1v) is 24.5. The second-order valence-corrected chi connectivity index (χ2v) is 18.6. The summed E-state index contributed by atoms with van der Waals surface area (Å²) in [4.78, 5) is 61.6. The fraction of sp³-hybridized carbons (Fsp3) is 0.429. The number of anilines is 2. The van der Waals surface area contributed by atoms with Gasteiger partial charge in [0, 0.05) is 50.1 Å². The van der Waals surface area contributed by atoms with Gasteiger partial charge in [-0.15, -0.1) is 13.2 Å². The van der Waals surface area contributed by atoms with Crippen LogP contribution in [-0.2, 0) is 54.3 Å². The van der Waals surface area contributed by atoms with Crippen molar-refractivity contribution in [2.75, 3.05) is 75.4 Å². The predicted octanol–water partition coefficient (Wildman–Crippen LogP) is 7.81. The van der Waals surface area contributed by atoms with Gasteiger partial charge in [-0.3, -0.25) is 19.4 Å². The quantitative estimate of drug-likeness (QED) is 0.0494. The Kier molecular flexibility index (Phi) is 16.8. The monoisotopic (exact) mass is 922 g/mol. The van der Waals surface area contributed by atoms with Crippen molar-refractivity contribution >= 4 is 35.1 Å². The summed E-state index contributed by atoms with van der Waals surface area (Å²) in [5, 5.41) is 0. The van der Waals surface area contributed by atoms with Crippen LogP contribution in [0.4, 0.5) is 11.4 Å². The van der Waals surface area contributed by atoms with Crippen molar-refractivity contribution in [3.63, 3.8) is 0 Å². The van der Waals surface area contributed by atoms with E-state index in [-0.39, 0.29) is 25.0 Å². The molecular formula is C56H66N4O8. The Hall–Kier alpha value is -6.24. The number of carbonyl (C=O) groups is 4. The first-order valence-electron chi connectivity index (χ1n) is 24.5. The molecule has 2 saturated heterocycles. The number of carbonyl (C=O) groups excluding carboxylic acids is 4. The molecule has 0 aliphatic carbocycles. The number of esters is 2. The number of hydrogen-bond acceptors (Lipinski definition) is 10. The van der Waals surface area contributed by atoms with E-state index in [1.54, 1.807) is 22.0 Å². The Morgan fingerprint density at radius 3 is 1.32 bits per heavy atom. The third-order valence-electron chi connectivity index (χ3n) is 13.8. The van der Waals surface area contributed by atoms with Gasteiger partial charge < -0.3 is 28.7 Å². The number of fused-ring (bicyclic) bond motifs is 2. The maximum atomic E-state index is 14.0. The van der Waals surface area contributed by atoms with Crippen molar-refractivity contribution in [2.24, 2.45) is 11.8 Å². The van der Waals surface area contributed by atoms with Crippen LogP contribution in [-0.4, -0.2) is 111 Å². The zero-order valence-corrected chi connectivity index (χ0v) is 39.3. The highest BCUT2D eigenvalue weighted by Gasteiger charge is 2.33. The Morgan fingerprint density at radius 2 is 0.941 bits per heavy atom. The lowest BCUT2D eigenvalue weighted by atomic mass is 9.90. The van der Waals surface area contributed by atoms with E-state index in [2.05, 4.69) is 71.5 Å². The molecule has 2 unspecified atom stereocenters. The summed E-state index contributed by atoms with van der Waals surface area (Å²) in [5.41, 5.74) is 6.04. The van der Waals surface area contributed by atoms with Crippen molar-refractivity contribution in [1.29, 1.82) is 0 Å². The Labute approximate surface area is 401 Å². The first kappa shape index (κ1) is 48.2. The molecule has 358 valence electrons. The van der Waals surface area contributed by atoms with Gasteiger partial charge in [0.1, 0.15) is 36.9 Å². The number of rotatable bonds is 20. The molecule has 4 aromatic rings. The number of piperidine rings is 2. The average molecular weight is 923 g/mol. The van der Waals surface area contributed by atoms with Crippen molar-refractivity contribution in [3.05, 3.63) is 145 Å². The third kappa shape index (κ3) is 12.6. The maximum Gasteiger partial charge on any atom is 0.417 e. The summed E-state index contributed by atoms with van der Waals surface area (Å²) in [5.74, 6) is 0.194. The Balaban J connectivity index is 0.957. The minimum absolute atomic E-state index is 0.00375. The van der Waals surface area contributed by atoms with Crippen LogP contribution in [0.2, 0.25) is 0 Å². The van der Waals surface area contributed by atoms with Gasteiger partial charge in [-0.25, -0.2) is 9.59 Å². The molecule has 68 heavy (non-hydrogen) atoms. The van der Waals surface area contributed by atoms with E-state index < -0.39 is 24.1 Å². The Morgan fingerprint density at radius 1 is 0.544 bits per heavy atom. The minimum atomic E-state index is -1.09. The van der Waals surface area contributed by atoms with Crippen LogP contribution in [0.15, 0.2) is 122 Å². The smallest absolute Gasteiger partial charge is 0.417 e. The van der Waals surface area contributed by atoms with E-state index in [9.17, 15) is 19.2 Å². The van der Waals surface area contributed by atoms with Crippen LogP contribution >= 0.6 is 0 Å². The second-order valence-electron chi connectivity index (χ2n) is 18.6. The molecule has 0 N–H and O–H groups in total. The van der Waals surface area contributed by atoms with E-state index in [0.717, 1.165) is 87.2 Å². The molecule has 12 nitrogen and oxygen atoms in total. The molecular weight excluding hydrogens is 857 g/mol. The molecule has 0 bridgehead atoms. The summed E-state index contributed by atoms with van der Waals surface area (Å²) < 4.78 is 25.1. The van der Waals surface area contributed by atoms with Gasteiger partial charge in [0.05, 0.1) is 11.4 Å². The number of likely N-dealkylation sites (tertiary alicyclic amines) is 2. The average Bonchev–Trinajstić information content (AvgIpc) is 3.36. The highest BCUT2D eigenvalue weighted by Crippen LogP contribution is 2.36.